The van der Waals surface area contributed by atoms with Crippen molar-refractivity contribution in [3.8, 4) is 0 Å². The van der Waals surface area contributed by atoms with E-state index in [-0.39, 0.29) is 5.41 Å². The zero-order valence-electron chi connectivity index (χ0n) is 9.82. The lowest BCUT2D eigenvalue weighted by molar-refractivity contribution is -0.129. The SMILES string of the molecule is CC(C)C1(C(=O)Cc2cncs2)CCNC1. The van der Waals surface area contributed by atoms with Crippen molar-refractivity contribution in [1.29, 1.82) is 0 Å². The van der Waals surface area contributed by atoms with Gasteiger partial charge in [-0.1, -0.05) is 13.8 Å². The van der Waals surface area contributed by atoms with E-state index in [0.717, 1.165) is 24.4 Å². The lowest BCUT2D eigenvalue weighted by Crippen LogP contribution is -2.39. The summed E-state index contributed by atoms with van der Waals surface area (Å²) in [6.45, 7) is 6.10. The first-order valence-electron chi connectivity index (χ1n) is 5.76. The van der Waals surface area contributed by atoms with E-state index in [2.05, 4.69) is 24.1 Å². The van der Waals surface area contributed by atoms with E-state index in [1.807, 2.05) is 0 Å². The molecule has 4 heteroatoms. The predicted molar refractivity (Wildman–Crippen MR) is 65.6 cm³/mol. The normalized spacial score (nSPS) is 25.2. The highest BCUT2D eigenvalue weighted by molar-refractivity contribution is 7.09. The van der Waals surface area contributed by atoms with Crippen molar-refractivity contribution >= 4 is 17.1 Å². The topological polar surface area (TPSA) is 42.0 Å². The minimum absolute atomic E-state index is 0.149. The third-order valence-electron chi connectivity index (χ3n) is 3.67. The van der Waals surface area contributed by atoms with Crippen molar-refractivity contribution in [3.05, 3.63) is 16.6 Å². The molecule has 1 aromatic rings. The highest BCUT2D eigenvalue weighted by Gasteiger charge is 2.43. The predicted octanol–water partition coefficient (Wildman–Crippen LogP) is 1.89. The van der Waals surface area contributed by atoms with E-state index in [1.54, 1.807) is 23.0 Å². The molecule has 0 saturated carbocycles. The number of rotatable bonds is 4. The zero-order valence-corrected chi connectivity index (χ0v) is 10.6. The quantitative estimate of drug-likeness (QED) is 0.871. The molecule has 1 unspecified atom stereocenters. The highest BCUT2D eigenvalue weighted by Crippen LogP contribution is 2.36. The molecule has 2 heterocycles. The Hall–Kier alpha value is -0.740. The van der Waals surface area contributed by atoms with E-state index in [9.17, 15) is 4.79 Å². The van der Waals surface area contributed by atoms with Gasteiger partial charge >= 0.3 is 0 Å². The highest BCUT2D eigenvalue weighted by atomic mass is 32.1. The van der Waals surface area contributed by atoms with Gasteiger partial charge in [0.2, 0.25) is 0 Å². The van der Waals surface area contributed by atoms with Crippen molar-refractivity contribution in [3.63, 3.8) is 0 Å². The van der Waals surface area contributed by atoms with Gasteiger partial charge in [0.1, 0.15) is 5.78 Å². The average molecular weight is 238 g/mol. The smallest absolute Gasteiger partial charge is 0.145 e. The molecule has 88 valence electrons. The van der Waals surface area contributed by atoms with E-state index < -0.39 is 0 Å². The number of Topliss-reactive ketones (excluding diaryl/α,β-unsaturated/α-hetero) is 1. The summed E-state index contributed by atoms with van der Waals surface area (Å²) in [6.07, 6.45) is 3.33. The second-order valence-corrected chi connectivity index (χ2v) is 5.78. The van der Waals surface area contributed by atoms with Crippen LogP contribution in [-0.2, 0) is 11.2 Å². The van der Waals surface area contributed by atoms with Crippen molar-refractivity contribution in [2.75, 3.05) is 13.1 Å². The molecule has 1 atom stereocenters. The molecule has 16 heavy (non-hydrogen) atoms. The van der Waals surface area contributed by atoms with Gasteiger partial charge in [0.05, 0.1) is 5.51 Å². The van der Waals surface area contributed by atoms with E-state index in [0.29, 0.717) is 18.1 Å². The standard InChI is InChI=1S/C12H18N2OS/c1-9(2)12(3-4-13-7-12)11(15)5-10-6-14-8-16-10/h6,8-9,13H,3-5,7H2,1-2H3. The molecule has 2 rings (SSSR count). The minimum Gasteiger partial charge on any atom is -0.316 e. The number of carbonyl (C=O) groups excluding carboxylic acids is 1. The summed E-state index contributed by atoms with van der Waals surface area (Å²) in [5, 5.41) is 3.32. The van der Waals surface area contributed by atoms with Crippen molar-refractivity contribution in [1.82, 2.24) is 10.3 Å². The van der Waals surface area contributed by atoms with Crippen LogP contribution >= 0.6 is 11.3 Å². The van der Waals surface area contributed by atoms with Crippen LogP contribution in [0.25, 0.3) is 0 Å². The largest absolute Gasteiger partial charge is 0.316 e. The Labute approximate surface area is 100 Å². The molecule has 3 nitrogen and oxygen atoms in total. The molecular weight excluding hydrogens is 220 g/mol. The van der Waals surface area contributed by atoms with Crippen LogP contribution in [0.1, 0.15) is 25.1 Å². The molecule has 1 fully saturated rings. The van der Waals surface area contributed by atoms with Gasteiger partial charge in [-0.25, -0.2) is 0 Å². The van der Waals surface area contributed by atoms with E-state index >= 15 is 0 Å². The number of hydrogen-bond donors (Lipinski definition) is 1. The first kappa shape index (κ1) is 11.7. The third-order valence-corrected chi connectivity index (χ3v) is 4.45. The molecule has 1 aliphatic heterocycles. The Balaban J connectivity index is 2.12. The first-order valence-corrected chi connectivity index (χ1v) is 6.64. The average Bonchev–Trinajstić information content (AvgIpc) is 2.87. The molecule has 1 N–H and O–H groups in total. The molecule has 0 radical (unpaired) electrons. The van der Waals surface area contributed by atoms with Crippen LogP contribution < -0.4 is 5.32 Å². The summed E-state index contributed by atoms with van der Waals surface area (Å²) < 4.78 is 0. The Morgan fingerprint density at radius 1 is 1.69 bits per heavy atom. The molecule has 1 aromatic heterocycles. The minimum atomic E-state index is -0.149. The Bertz CT molecular complexity index is 353. The van der Waals surface area contributed by atoms with Crippen LogP contribution in [-0.4, -0.2) is 23.9 Å². The van der Waals surface area contributed by atoms with Crippen LogP contribution in [0.15, 0.2) is 11.7 Å². The zero-order chi connectivity index (χ0) is 11.6. The number of thiazole rings is 1. The number of nitrogens with zero attached hydrogens (tertiary/aromatic N) is 1. The fraction of sp³-hybridized carbons (Fsp3) is 0.667. The van der Waals surface area contributed by atoms with Gasteiger partial charge in [0.25, 0.3) is 0 Å². The van der Waals surface area contributed by atoms with E-state index in [1.165, 1.54) is 0 Å². The fourth-order valence-corrected chi connectivity index (χ4v) is 3.02. The van der Waals surface area contributed by atoms with Gasteiger partial charge in [-0.15, -0.1) is 11.3 Å². The third kappa shape index (κ3) is 2.04. The second kappa shape index (κ2) is 4.63. The van der Waals surface area contributed by atoms with Crippen LogP contribution in [0.2, 0.25) is 0 Å². The maximum Gasteiger partial charge on any atom is 0.145 e. The van der Waals surface area contributed by atoms with Crippen molar-refractivity contribution < 1.29 is 4.79 Å². The molecular formula is C12H18N2OS. The van der Waals surface area contributed by atoms with Gasteiger partial charge in [0.15, 0.2) is 0 Å². The lowest BCUT2D eigenvalue weighted by atomic mass is 9.72. The number of ketones is 1. The first-order chi connectivity index (χ1) is 7.65. The summed E-state index contributed by atoms with van der Waals surface area (Å²) in [5.41, 5.74) is 1.64. The number of nitrogens with one attached hydrogen (secondary N) is 1. The van der Waals surface area contributed by atoms with Crippen LogP contribution in [0, 0.1) is 11.3 Å². The molecule has 1 saturated heterocycles. The fourth-order valence-electron chi connectivity index (χ4n) is 2.43. The Morgan fingerprint density at radius 2 is 2.50 bits per heavy atom. The molecule has 0 aliphatic carbocycles. The lowest BCUT2D eigenvalue weighted by Gasteiger charge is -2.30. The Kier molecular flexibility index (Phi) is 3.40. The second-order valence-electron chi connectivity index (χ2n) is 4.81. The number of carbonyl (C=O) groups is 1. The van der Waals surface area contributed by atoms with Crippen molar-refractivity contribution in [2.24, 2.45) is 11.3 Å². The van der Waals surface area contributed by atoms with Gasteiger partial charge in [-0.3, -0.25) is 9.78 Å². The number of hydrogen-bond acceptors (Lipinski definition) is 4. The van der Waals surface area contributed by atoms with Gasteiger partial charge < -0.3 is 5.32 Å². The molecule has 0 amide bonds. The maximum atomic E-state index is 12.4. The summed E-state index contributed by atoms with van der Waals surface area (Å²) in [7, 11) is 0. The van der Waals surface area contributed by atoms with Crippen LogP contribution in [0.5, 0.6) is 0 Å². The summed E-state index contributed by atoms with van der Waals surface area (Å²) in [4.78, 5) is 17.5. The summed E-state index contributed by atoms with van der Waals surface area (Å²) in [6, 6.07) is 0. The molecule has 0 spiro atoms. The monoisotopic (exact) mass is 238 g/mol. The number of aromatic nitrogens is 1. The van der Waals surface area contributed by atoms with Gasteiger partial charge in [-0.2, -0.15) is 0 Å². The van der Waals surface area contributed by atoms with E-state index in [4.69, 9.17) is 0 Å². The molecule has 1 aliphatic rings. The Morgan fingerprint density at radius 3 is 3.00 bits per heavy atom. The van der Waals surface area contributed by atoms with Crippen LogP contribution in [0.3, 0.4) is 0 Å². The van der Waals surface area contributed by atoms with Gasteiger partial charge in [-0.05, 0) is 18.9 Å². The molecule has 0 bridgehead atoms. The summed E-state index contributed by atoms with van der Waals surface area (Å²) in [5.74, 6) is 0.777. The molecule has 0 aromatic carbocycles. The van der Waals surface area contributed by atoms with Crippen molar-refractivity contribution in [2.45, 2.75) is 26.7 Å². The summed E-state index contributed by atoms with van der Waals surface area (Å²) >= 11 is 1.57. The van der Waals surface area contributed by atoms with Crippen LogP contribution in [0.4, 0.5) is 0 Å². The van der Waals surface area contributed by atoms with Gasteiger partial charge in [0, 0.05) is 29.5 Å². The maximum absolute atomic E-state index is 12.4.